The van der Waals surface area contributed by atoms with Crippen LogP contribution in [0.4, 0.5) is 11.4 Å². The van der Waals surface area contributed by atoms with E-state index in [0.717, 1.165) is 38.9 Å². The van der Waals surface area contributed by atoms with Crippen LogP contribution in [0, 0.1) is 0 Å². The van der Waals surface area contributed by atoms with Crippen LogP contribution in [-0.4, -0.2) is 0 Å². The van der Waals surface area contributed by atoms with Crippen molar-refractivity contribution in [2.75, 3.05) is 5.32 Å². The molecular formula is C33H27NO. The van der Waals surface area contributed by atoms with Gasteiger partial charge in [-0.3, -0.25) is 0 Å². The van der Waals surface area contributed by atoms with Crippen molar-refractivity contribution in [3.05, 3.63) is 134 Å². The third kappa shape index (κ3) is 4.73. The Hall–Kier alpha value is -4.56. The molecule has 1 aromatic heterocycles. The molecule has 0 unspecified atom stereocenters. The average Bonchev–Trinajstić information content (AvgIpc) is 3.30. The van der Waals surface area contributed by atoms with Crippen molar-refractivity contribution in [2.24, 2.45) is 0 Å². The largest absolute Gasteiger partial charge is 0.454 e. The lowest BCUT2D eigenvalue weighted by Gasteiger charge is -2.11. The maximum Gasteiger partial charge on any atom is 0.158 e. The van der Waals surface area contributed by atoms with Crippen LogP contribution < -0.4 is 5.32 Å². The summed E-state index contributed by atoms with van der Waals surface area (Å²) >= 11 is 0. The first-order valence-electron chi connectivity index (χ1n) is 11.8. The predicted molar refractivity (Wildman–Crippen MR) is 150 cm³/mol. The first-order chi connectivity index (χ1) is 17.3. The number of hydrogen-bond acceptors (Lipinski definition) is 2. The van der Waals surface area contributed by atoms with Crippen LogP contribution in [0.2, 0.25) is 0 Å². The van der Waals surface area contributed by atoms with Crippen molar-refractivity contribution in [3.63, 3.8) is 0 Å². The highest BCUT2D eigenvalue weighted by atomic mass is 16.3. The minimum Gasteiger partial charge on any atom is -0.454 e. The zero-order valence-electron chi connectivity index (χ0n) is 19.7. The van der Waals surface area contributed by atoms with Crippen molar-refractivity contribution in [2.45, 2.75) is 6.92 Å². The summed E-state index contributed by atoms with van der Waals surface area (Å²) in [7, 11) is 0. The van der Waals surface area contributed by atoms with E-state index < -0.39 is 0 Å². The molecule has 5 aromatic carbocycles. The Kier molecular flexibility index (Phi) is 6.45. The molecule has 6 rings (SSSR count). The van der Waals surface area contributed by atoms with Gasteiger partial charge < -0.3 is 9.73 Å². The molecule has 0 bridgehead atoms. The molecular weight excluding hydrogens is 426 g/mol. The smallest absolute Gasteiger partial charge is 0.158 e. The number of rotatable bonds is 4. The second-order valence-electron chi connectivity index (χ2n) is 8.34. The van der Waals surface area contributed by atoms with Gasteiger partial charge in [-0.25, -0.2) is 0 Å². The first-order valence-corrected chi connectivity index (χ1v) is 11.8. The Labute approximate surface area is 206 Å². The van der Waals surface area contributed by atoms with Gasteiger partial charge in [0.15, 0.2) is 5.58 Å². The fourth-order valence-electron chi connectivity index (χ4n) is 4.25. The van der Waals surface area contributed by atoms with Gasteiger partial charge in [0, 0.05) is 16.5 Å². The molecule has 170 valence electrons. The van der Waals surface area contributed by atoms with E-state index >= 15 is 0 Å². The van der Waals surface area contributed by atoms with E-state index in [-0.39, 0.29) is 0 Å². The van der Waals surface area contributed by atoms with E-state index in [1.807, 2.05) is 31.2 Å². The van der Waals surface area contributed by atoms with Crippen LogP contribution in [0.1, 0.15) is 6.92 Å². The lowest BCUT2D eigenvalue weighted by atomic mass is 10.0. The molecule has 35 heavy (non-hydrogen) atoms. The number of hydrogen-bond donors (Lipinski definition) is 1. The van der Waals surface area contributed by atoms with Gasteiger partial charge in [-0.05, 0) is 59.5 Å². The fraction of sp³-hybridized carbons (Fsp3) is 0.0303. The van der Waals surface area contributed by atoms with Gasteiger partial charge in [-0.2, -0.15) is 0 Å². The molecule has 0 saturated carbocycles. The van der Waals surface area contributed by atoms with Crippen LogP contribution in [0.3, 0.4) is 0 Å². The number of nitrogens with one attached hydrogen (secondary N) is 1. The van der Waals surface area contributed by atoms with Crippen LogP contribution in [0.25, 0.3) is 44.2 Å². The number of benzene rings is 5. The summed E-state index contributed by atoms with van der Waals surface area (Å²) in [6, 6.07) is 42.0. The van der Waals surface area contributed by atoms with Crippen molar-refractivity contribution < 1.29 is 4.42 Å². The van der Waals surface area contributed by atoms with Crippen molar-refractivity contribution >= 4 is 33.3 Å². The van der Waals surface area contributed by atoms with Gasteiger partial charge in [0.1, 0.15) is 5.58 Å². The number of furan rings is 1. The number of fused-ring (bicyclic) bond motifs is 3. The Bertz CT molecular complexity index is 1560. The van der Waals surface area contributed by atoms with Crippen LogP contribution in [0.5, 0.6) is 0 Å². The highest BCUT2D eigenvalue weighted by molar-refractivity contribution is 6.11. The molecule has 2 nitrogen and oxygen atoms in total. The number of para-hydroxylation sites is 1. The molecule has 0 saturated heterocycles. The van der Waals surface area contributed by atoms with Gasteiger partial charge in [0.25, 0.3) is 0 Å². The quantitative estimate of drug-likeness (QED) is 0.269. The Morgan fingerprint density at radius 2 is 1.14 bits per heavy atom. The molecule has 0 amide bonds. The summed E-state index contributed by atoms with van der Waals surface area (Å²) in [5.74, 6) is 0. The molecule has 0 spiro atoms. The maximum absolute atomic E-state index is 6.28. The lowest BCUT2D eigenvalue weighted by molar-refractivity contribution is 0.670. The summed E-state index contributed by atoms with van der Waals surface area (Å²) in [6.07, 6.45) is 1.75. The van der Waals surface area contributed by atoms with E-state index in [9.17, 15) is 0 Å². The van der Waals surface area contributed by atoms with E-state index in [1.165, 1.54) is 16.7 Å². The summed E-state index contributed by atoms with van der Waals surface area (Å²) in [5.41, 5.74) is 8.51. The molecule has 6 aromatic rings. The third-order valence-electron chi connectivity index (χ3n) is 5.86. The van der Waals surface area contributed by atoms with E-state index in [4.69, 9.17) is 4.42 Å². The molecule has 0 radical (unpaired) electrons. The summed E-state index contributed by atoms with van der Waals surface area (Å²) in [5, 5.41) is 5.85. The summed E-state index contributed by atoms with van der Waals surface area (Å²) < 4.78 is 6.28. The van der Waals surface area contributed by atoms with E-state index in [0.29, 0.717) is 0 Å². The molecule has 0 atom stereocenters. The Morgan fingerprint density at radius 1 is 0.600 bits per heavy atom. The topological polar surface area (TPSA) is 25.2 Å². The molecule has 0 aliphatic rings. The summed E-state index contributed by atoms with van der Waals surface area (Å²) in [6.45, 7) is 5.25. The van der Waals surface area contributed by atoms with Crippen LogP contribution in [-0.2, 0) is 0 Å². The molecule has 0 fully saturated rings. The monoisotopic (exact) mass is 453 g/mol. The zero-order valence-corrected chi connectivity index (χ0v) is 19.7. The molecule has 0 aliphatic heterocycles. The molecule has 1 N–H and O–H groups in total. The van der Waals surface area contributed by atoms with E-state index in [1.54, 1.807) is 6.08 Å². The number of allylic oxidation sites excluding steroid dienone is 1. The second kappa shape index (κ2) is 10.1. The second-order valence-corrected chi connectivity index (χ2v) is 8.34. The highest BCUT2D eigenvalue weighted by Crippen LogP contribution is 2.38. The predicted octanol–water partition coefficient (Wildman–Crippen LogP) is 9.86. The van der Waals surface area contributed by atoms with Gasteiger partial charge in [-0.15, -0.1) is 6.58 Å². The number of anilines is 2. The van der Waals surface area contributed by atoms with Gasteiger partial charge in [0.05, 0.1) is 5.69 Å². The maximum atomic E-state index is 6.28. The summed E-state index contributed by atoms with van der Waals surface area (Å²) in [4.78, 5) is 0. The van der Waals surface area contributed by atoms with E-state index in [2.05, 4.69) is 109 Å². The van der Waals surface area contributed by atoms with Crippen LogP contribution in [0.15, 0.2) is 138 Å². The highest BCUT2D eigenvalue weighted by Gasteiger charge is 2.14. The third-order valence-corrected chi connectivity index (χ3v) is 5.86. The van der Waals surface area contributed by atoms with Crippen molar-refractivity contribution in [1.82, 2.24) is 0 Å². The van der Waals surface area contributed by atoms with Gasteiger partial charge in [0.2, 0.25) is 0 Å². The average molecular weight is 454 g/mol. The minimum absolute atomic E-state index is 0.873. The Balaban J connectivity index is 0.000000806. The molecule has 1 heterocycles. The van der Waals surface area contributed by atoms with Crippen molar-refractivity contribution in [1.29, 1.82) is 0 Å². The van der Waals surface area contributed by atoms with Gasteiger partial charge in [-0.1, -0.05) is 97.1 Å². The fourth-order valence-corrected chi connectivity index (χ4v) is 4.25. The molecule has 0 aliphatic carbocycles. The first kappa shape index (κ1) is 22.2. The van der Waals surface area contributed by atoms with Crippen molar-refractivity contribution in [3.8, 4) is 22.3 Å². The SMILES string of the molecule is C=CC.c1ccc(-c2ccc(Nc3cc(-c4ccccc4)cc4c3oc3ccccc34)cc2)cc1. The normalized spacial score (nSPS) is 10.5. The zero-order chi connectivity index (χ0) is 24.0. The minimum atomic E-state index is 0.873. The van der Waals surface area contributed by atoms with Crippen LogP contribution >= 0.6 is 0 Å². The van der Waals surface area contributed by atoms with Gasteiger partial charge >= 0.3 is 0 Å². The Morgan fingerprint density at radius 3 is 1.80 bits per heavy atom. The lowest BCUT2D eigenvalue weighted by Crippen LogP contribution is -1.92. The standard InChI is InChI=1S/C30H21NO.C3H6/c1-3-9-21(10-4-1)23-15-17-25(18-16-23)31-28-20-24(22-11-5-2-6-12-22)19-27-26-13-7-8-14-29(26)32-30(27)28;1-3-2/h1-20,31H;3H,1H2,2H3. The molecule has 2 heteroatoms.